The number of hydrogen-bond acceptors (Lipinski definition) is 4. The summed E-state index contributed by atoms with van der Waals surface area (Å²) in [5, 5.41) is 4.60. The summed E-state index contributed by atoms with van der Waals surface area (Å²) in [6.45, 7) is 7.87. The van der Waals surface area contributed by atoms with Crippen molar-refractivity contribution in [3.63, 3.8) is 0 Å². The molecule has 3 rings (SSSR count). The van der Waals surface area contributed by atoms with Gasteiger partial charge in [0.15, 0.2) is 0 Å². The minimum atomic E-state index is -0.546. The van der Waals surface area contributed by atoms with Gasteiger partial charge in [-0.2, -0.15) is 5.10 Å². The van der Waals surface area contributed by atoms with Crippen molar-refractivity contribution >= 4 is 17.7 Å². The lowest BCUT2D eigenvalue weighted by Crippen LogP contribution is -2.25. The van der Waals surface area contributed by atoms with Gasteiger partial charge in [-0.25, -0.2) is 13.9 Å². The highest BCUT2D eigenvalue weighted by atomic mass is 32.2. The number of carbonyl (C=O) groups is 1. The Kier molecular flexibility index (Phi) is 5.37. The fourth-order valence-corrected chi connectivity index (χ4v) is 3.43. The van der Waals surface area contributed by atoms with E-state index in [1.54, 1.807) is 4.68 Å². The van der Waals surface area contributed by atoms with Crippen molar-refractivity contribution in [1.82, 2.24) is 9.78 Å². The van der Waals surface area contributed by atoms with E-state index in [1.807, 2.05) is 58.0 Å². The molecule has 6 heteroatoms. The molecule has 0 unspecified atom stereocenters. The van der Waals surface area contributed by atoms with Crippen molar-refractivity contribution in [1.29, 1.82) is 0 Å². The van der Waals surface area contributed by atoms with Gasteiger partial charge in [-0.05, 0) is 64.1 Å². The van der Waals surface area contributed by atoms with Crippen LogP contribution in [0.3, 0.4) is 0 Å². The van der Waals surface area contributed by atoms with Crippen LogP contribution in [0.4, 0.5) is 4.39 Å². The molecule has 0 saturated heterocycles. The molecule has 0 aliphatic carbocycles. The second-order valence-corrected chi connectivity index (χ2v) is 8.20. The van der Waals surface area contributed by atoms with Crippen LogP contribution in [-0.4, -0.2) is 15.7 Å². The Morgan fingerprint density at radius 2 is 1.70 bits per heavy atom. The smallest absolute Gasteiger partial charge is 0.344 e. The largest absolute Gasteiger partial charge is 0.403 e. The zero-order chi connectivity index (χ0) is 19.6. The van der Waals surface area contributed by atoms with Gasteiger partial charge < -0.3 is 4.74 Å². The number of esters is 1. The number of nitrogens with zero attached hydrogens (tertiary/aromatic N) is 2. The van der Waals surface area contributed by atoms with Crippen LogP contribution in [0.25, 0.3) is 0 Å². The number of carbonyl (C=O) groups excluding carboxylic acids is 1. The molecule has 27 heavy (non-hydrogen) atoms. The summed E-state index contributed by atoms with van der Waals surface area (Å²) >= 11 is 1.50. The van der Waals surface area contributed by atoms with Crippen LogP contribution in [0.15, 0.2) is 64.4 Å². The third-order valence-corrected chi connectivity index (χ3v) is 5.02. The average Bonchev–Trinajstić information content (AvgIpc) is 2.93. The van der Waals surface area contributed by atoms with Crippen LogP contribution < -0.4 is 4.74 Å². The van der Waals surface area contributed by atoms with E-state index in [1.165, 1.54) is 36.0 Å². The summed E-state index contributed by atoms with van der Waals surface area (Å²) in [6.07, 6.45) is 0. The summed E-state index contributed by atoms with van der Waals surface area (Å²) < 4.78 is 20.6. The van der Waals surface area contributed by atoms with Gasteiger partial charge in [0, 0.05) is 4.90 Å². The van der Waals surface area contributed by atoms with E-state index >= 15 is 0 Å². The van der Waals surface area contributed by atoms with E-state index < -0.39 is 11.8 Å². The van der Waals surface area contributed by atoms with Crippen molar-refractivity contribution in [2.24, 2.45) is 0 Å². The maximum atomic E-state index is 13.1. The first-order chi connectivity index (χ1) is 12.8. The van der Waals surface area contributed by atoms with Crippen LogP contribution in [0.1, 0.15) is 36.8 Å². The van der Waals surface area contributed by atoms with Crippen molar-refractivity contribution in [2.45, 2.75) is 43.0 Å². The lowest BCUT2D eigenvalue weighted by atomic mass is 10.1. The average molecular weight is 384 g/mol. The molecule has 0 spiro atoms. The topological polar surface area (TPSA) is 44.1 Å². The zero-order valence-corrected chi connectivity index (χ0v) is 16.5. The fraction of sp³-hybridized carbons (Fsp3) is 0.238. The van der Waals surface area contributed by atoms with E-state index in [9.17, 15) is 9.18 Å². The molecule has 0 radical (unpaired) electrons. The third kappa shape index (κ3) is 4.39. The molecule has 0 saturated carbocycles. The lowest BCUT2D eigenvalue weighted by Gasteiger charge is -2.22. The van der Waals surface area contributed by atoms with Crippen LogP contribution in [0.5, 0.6) is 5.88 Å². The number of aromatic nitrogens is 2. The minimum Gasteiger partial charge on any atom is -0.403 e. The summed E-state index contributed by atoms with van der Waals surface area (Å²) in [5.74, 6) is -0.555. The molecular formula is C21H21FN2O2S. The highest BCUT2D eigenvalue weighted by molar-refractivity contribution is 7.99. The second kappa shape index (κ2) is 7.56. The molecule has 0 atom stereocenters. The van der Waals surface area contributed by atoms with Crippen LogP contribution in [-0.2, 0) is 5.54 Å². The molecule has 0 bridgehead atoms. The van der Waals surface area contributed by atoms with Crippen molar-refractivity contribution < 1.29 is 13.9 Å². The Morgan fingerprint density at radius 1 is 1.07 bits per heavy atom. The number of hydrogen-bond donors (Lipinski definition) is 0. The molecule has 0 N–H and O–H groups in total. The third-order valence-electron chi connectivity index (χ3n) is 3.83. The van der Waals surface area contributed by atoms with Gasteiger partial charge in [0.05, 0.1) is 21.7 Å². The van der Waals surface area contributed by atoms with E-state index in [0.717, 1.165) is 15.5 Å². The molecule has 3 aromatic rings. The summed E-state index contributed by atoms with van der Waals surface area (Å²) in [5.41, 5.74) is 0.686. The van der Waals surface area contributed by atoms with E-state index in [0.29, 0.717) is 5.88 Å². The molecule has 0 fully saturated rings. The van der Waals surface area contributed by atoms with Gasteiger partial charge in [0.1, 0.15) is 5.82 Å². The zero-order valence-electron chi connectivity index (χ0n) is 15.7. The lowest BCUT2D eigenvalue weighted by molar-refractivity contribution is 0.0704. The summed E-state index contributed by atoms with van der Waals surface area (Å²) in [6, 6.07) is 15.1. The van der Waals surface area contributed by atoms with Crippen molar-refractivity contribution in [3.8, 4) is 5.88 Å². The number of rotatable bonds is 4. The Balaban J connectivity index is 2.00. The van der Waals surface area contributed by atoms with Crippen LogP contribution >= 0.6 is 11.8 Å². The molecule has 140 valence electrons. The number of aryl methyl sites for hydroxylation is 1. The Morgan fingerprint density at radius 3 is 2.30 bits per heavy atom. The Bertz CT molecular complexity index is 945. The predicted molar refractivity (Wildman–Crippen MR) is 104 cm³/mol. The van der Waals surface area contributed by atoms with E-state index in [2.05, 4.69) is 5.10 Å². The number of benzene rings is 2. The Hall–Kier alpha value is -2.60. The summed E-state index contributed by atoms with van der Waals surface area (Å²) in [7, 11) is 0. The van der Waals surface area contributed by atoms with Gasteiger partial charge in [0.2, 0.25) is 5.88 Å². The maximum Gasteiger partial charge on any atom is 0.344 e. The highest BCUT2D eigenvalue weighted by Gasteiger charge is 2.27. The molecule has 2 aromatic carbocycles. The number of ether oxygens (including phenoxy) is 1. The first kappa shape index (κ1) is 19.2. The van der Waals surface area contributed by atoms with Gasteiger partial charge in [-0.3, -0.25) is 0 Å². The molecule has 0 aliphatic rings. The van der Waals surface area contributed by atoms with Gasteiger partial charge in [0.25, 0.3) is 0 Å². The molecule has 0 amide bonds. The highest BCUT2D eigenvalue weighted by Crippen LogP contribution is 2.40. The van der Waals surface area contributed by atoms with Crippen molar-refractivity contribution in [2.75, 3.05) is 0 Å². The van der Waals surface area contributed by atoms with Gasteiger partial charge in [-0.15, -0.1) is 0 Å². The molecule has 4 nitrogen and oxygen atoms in total. The first-order valence-corrected chi connectivity index (χ1v) is 9.38. The molecular weight excluding hydrogens is 363 g/mol. The second-order valence-electron chi connectivity index (χ2n) is 7.11. The normalized spacial score (nSPS) is 11.4. The van der Waals surface area contributed by atoms with Crippen LogP contribution in [0, 0.1) is 12.7 Å². The van der Waals surface area contributed by atoms with Crippen molar-refractivity contribution in [3.05, 3.63) is 71.7 Å². The maximum absolute atomic E-state index is 13.1. The SMILES string of the molecule is Cc1nn(C(C)(C)C)c(OC(=O)c2ccc(F)cc2)c1Sc1ccccc1. The fourth-order valence-electron chi connectivity index (χ4n) is 2.49. The Labute approximate surface area is 162 Å². The monoisotopic (exact) mass is 384 g/mol. The number of halogens is 1. The predicted octanol–water partition coefficient (Wildman–Crippen LogP) is 5.46. The van der Waals surface area contributed by atoms with Crippen LogP contribution in [0.2, 0.25) is 0 Å². The minimum absolute atomic E-state index is 0.284. The van der Waals surface area contributed by atoms with Gasteiger partial charge >= 0.3 is 5.97 Å². The standard InChI is InChI=1S/C21H21FN2O2S/c1-14-18(27-17-8-6-5-7-9-17)19(24(23-14)21(2,3)4)26-20(25)15-10-12-16(22)13-11-15/h5-13H,1-4H3. The van der Waals surface area contributed by atoms with Gasteiger partial charge in [-0.1, -0.05) is 30.0 Å². The summed E-state index contributed by atoms with van der Waals surface area (Å²) in [4.78, 5) is 14.4. The first-order valence-electron chi connectivity index (χ1n) is 8.56. The molecule has 1 aromatic heterocycles. The molecule has 1 heterocycles. The van der Waals surface area contributed by atoms with E-state index in [4.69, 9.17) is 4.74 Å². The molecule has 0 aliphatic heterocycles. The van der Waals surface area contributed by atoms with E-state index in [-0.39, 0.29) is 11.1 Å². The quantitative estimate of drug-likeness (QED) is 0.561.